The number of nitrogens with zero attached hydrogens (tertiary/aromatic N) is 1. The van der Waals surface area contributed by atoms with Crippen LogP contribution in [0.4, 0.5) is 4.79 Å². The van der Waals surface area contributed by atoms with Crippen LogP contribution < -0.4 is 5.32 Å². The van der Waals surface area contributed by atoms with Gasteiger partial charge in [-0.2, -0.15) is 0 Å². The van der Waals surface area contributed by atoms with Crippen molar-refractivity contribution < 1.29 is 9.59 Å². The summed E-state index contributed by atoms with van der Waals surface area (Å²) >= 11 is 0. The number of rotatable bonds is 1. The number of hydrogen-bond acceptors (Lipinski definition) is 2. The summed E-state index contributed by atoms with van der Waals surface area (Å²) in [5, 5.41) is 2.59. The Morgan fingerprint density at radius 1 is 1.29 bits per heavy atom. The summed E-state index contributed by atoms with van der Waals surface area (Å²) in [5.41, 5.74) is 0.546. The van der Waals surface area contributed by atoms with Gasteiger partial charge in [0, 0.05) is 18.7 Å². The second kappa shape index (κ2) is 3.49. The third kappa shape index (κ3) is 1.46. The van der Waals surface area contributed by atoms with Crippen molar-refractivity contribution in [3.05, 3.63) is 35.9 Å². The van der Waals surface area contributed by atoms with Crippen molar-refractivity contribution in [2.45, 2.75) is 0 Å². The van der Waals surface area contributed by atoms with Crippen LogP contribution in [-0.2, 0) is 0 Å². The lowest BCUT2D eigenvalue weighted by Crippen LogP contribution is -2.34. The zero-order valence-electron chi connectivity index (χ0n) is 7.56. The summed E-state index contributed by atoms with van der Waals surface area (Å²) < 4.78 is 0. The van der Waals surface area contributed by atoms with E-state index in [1.807, 2.05) is 6.07 Å². The van der Waals surface area contributed by atoms with Crippen molar-refractivity contribution in [1.82, 2.24) is 10.2 Å². The predicted octanol–water partition coefficient (Wildman–Crippen LogP) is 0.852. The van der Waals surface area contributed by atoms with Crippen molar-refractivity contribution >= 4 is 11.9 Å². The number of nitrogens with one attached hydrogen (secondary N) is 1. The number of urea groups is 1. The van der Waals surface area contributed by atoms with E-state index in [0.29, 0.717) is 18.7 Å². The highest BCUT2D eigenvalue weighted by Gasteiger charge is 2.26. The smallest absolute Gasteiger partial charge is 0.324 e. The molecule has 0 atom stereocenters. The van der Waals surface area contributed by atoms with E-state index in [-0.39, 0.29) is 11.9 Å². The van der Waals surface area contributed by atoms with Gasteiger partial charge in [0.15, 0.2) is 0 Å². The molecular weight excluding hydrogens is 180 g/mol. The van der Waals surface area contributed by atoms with E-state index >= 15 is 0 Å². The fourth-order valence-corrected chi connectivity index (χ4v) is 1.40. The van der Waals surface area contributed by atoms with E-state index in [4.69, 9.17) is 0 Å². The minimum atomic E-state index is -0.307. The first-order valence-corrected chi connectivity index (χ1v) is 4.44. The van der Waals surface area contributed by atoms with E-state index in [9.17, 15) is 9.59 Å². The molecule has 0 aliphatic carbocycles. The third-order valence-corrected chi connectivity index (χ3v) is 2.12. The van der Waals surface area contributed by atoms with Crippen LogP contribution in [0.15, 0.2) is 30.3 Å². The highest BCUT2D eigenvalue weighted by molar-refractivity contribution is 6.05. The maximum absolute atomic E-state index is 11.7. The summed E-state index contributed by atoms with van der Waals surface area (Å²) in [6.07, 6.45) is 0. The SMILES string of the molecule is O=C1NCCN1C(=O)c1ccccc1. The molecule has 0 spiro atoms. The second-order valence-corrected chi connectivity index (χ2v) is 3.05. The topological polar surface area (TPSA) is 49.4 Å². The lowest BCUT2D eigenvalue weighted by Gasteiger charge is -2.11. The van der Waals surface area contributed by atoms with E-state index in [1.165, 1.54) is 4.90 Å². The first-order valence-electron chi connectivity index (χ1n) is 4.44. The number of carbonyl (C=O) groups is 2. The molecule has 3 amide bonds. The molecule has 1 aromatic carbocycles. The third-order valence-electron chi connectivity index (χ3n) is 2.12. The van der Waals surface area contributed by atoms with Crippen LogP contribution in [0.25, 0.3) is 0 Å². The molecule has 4 heteroatoms. The molecule has 72 valence electrons. The fraction of sp³-hybridized carbons (Fsp3) is 0.200. The van der Waals surface area contributed by atoms with Crippen molar-refractivity contribution in [2.75, 3.05) is 13.1 Å². The van der Waals surface area contributed by atoms with E-state index in [1.54, 1.807) is 24.3 Å². The van der Waals surface area contributed by atoms with Crippen molar-refractivity contribution in [1.29, 1.82) is 0 Å². The Bertz CT molecular complexity index is 362. The normalized spacial score (nSPS) is 15.4. The molecule has 4 nitrogen and oxygen atoms in total. The Labute approximate surface area is 81.5 Å². The van der Waals surface area contributed by atoms with Gasteiger partial charge in [0.1, 0.15) is 0 Å². The molecule has 2 rings (SSSR count). The molecule has 0 bridgehead atoms. The van der Waals surface area contributed by atoms with Crippen molar-refractivity contribution in [3.63, 3.8) is 0 Å². The molecule has 0 aromatic heterocycles. The molecule has 0 saturated carbocycles. The van der Waals surface area contributed by atoms with Gasteiger partial charge >= 0.3 is 6.03 Å². The minimum Gasteiger partial charge on any atom is -0.336 e. The largest absolute Gasteiger partial charge is 0.336 e. The molecule has 1 heterocycles. The molecule has 1 N–H and O–H groups in total. The van der Waals surface area contributed by atoms with Gasteiger partial charge in [-0.1, -0.05) is 18.2 Å². The van der Waals surface area contributed by atoms with Gasteiger partial charge in [-0.3, -0.25) is 9.69 Å². The van der Waals surface area contributed by atoms with Gasteiger partial charge < -0.3 is 5.32 Å². The molecule has 1 aliphatic rings. The standard InChI is InChI=1S/C10H10N2O2/c13-9(8-4-2-1-3-5-8)12-7-6-11-10(12)14/h1-5H,6-7H2,(H,11,14). The monoisotopic (exact) mass is 190 g/mol. The summed E-state index contributed by atoms with van der Waals surface area (Å²) in [7, 11) is 0. The van der Waals surface area contributed by atoms with E-state index in [0.717, 1.165) is 0 Å². The first-order chi connectivity index (χ1) is 6.79. The van der Waals surface area contributed by atoms with Crippen LogP contribution in [0.3, 0.4) is 0 Å². The highest BCUT2D eigenvalue weighted by Crippen LogP contribution is 2.06. The molecular formula is C10H10N2O2. The number of benzene rings is 1. The maximum Gasteiger partial charge on any atom is 0.324 e. The van der Waals surface area contributed by atoms with Gasteiger partial charge in [-0.25, -0.2) is 4.79 Å². The zero-order chi connectivity index (χ0) is 9.97. The lowest BCUT2D eigenvalue weighted by atomic mass is 10.2. The Morgan fingerprint density at radius 2 is 2.00 bits per heavy atom. The number of imide groups is 1. The van der Waals surface area contributed by atoms with Crippen molar-refractivity contribution in [2.24, 2.45) is 0 Å². The highest BCUT2D eigenvalue weighted by atomic mass is 16.2. The van der Waals surface area contributed by atoms with Gasteiger partial charge in [0.2, 0.25) is 0 Å². The average molecular weight is 190 g/mol. The van der Waals surface area contributed by atoms with Crippen LogP contribution in [0.5, 0.6) is 0 Å². The lowest BCUT2D eigenvalue weighted by molar-refractivity contribution is 0.0829. The first kappa shape index (κ1) is 8.74. The van der Waals surface area contributed by atoms with Gasteiger partial charge in [-0.05, 0) is 12.1 Å². The molecule has 14 heavy (non-hydrogen) atoms. The van der Waals surface area contributed by atoms with Crippen LogP contribution in [0.2, 0.25) is 0 Å². The Hall–Kier alpha value is -1.84. The van der Waals surface area contributed by atoms with Crippen LogP contribution >= 0.6 is 0 Å². The van der Waals surface area contributed by atoms with E-state index in [2.05, 4.69) is 5.32 Å². The fourth-order valence-electron chi connectivity index (χ4n) is 1.40. The predicted molar refractivity (Wildman–Crippen MR) is 50.9 cm³/mol. The number of amides is 3. The average Bonchev–Trinajstić information content (AvgIpc) is 2.65. The minimum absolute atomic E-state index is 0.236. The van der Waals surface area contributed by atoms with Crippen molar-refractivity contribution in [3.8, 4) is 0 Å². The number of hydrogen-bond donors (Lipinski definition) is 1. The van der Waals surface area contributed by atoms with Gasteiger partial charge in [0.25, 0.3) is 5.91 Å². The Balaban J connectivity index is 2.20. The summed E-state index contributed by atoms with van der Waals surface area (Å²) in [4.78, 5) is 24.1. The molecule has 1 fully saturated rings. The van der Waals surface area contributed by atoms with Crippen LogP contribution in [-0.4, -0.2) is 29.9 Å². The van der Waals surface area contributed by atoms with E-state index < -0.39 is 0 Å². The summed E-state index contributed by atoms with van der Waals surface area (Å²) in [6.45, 7) is 0.990. The van der Waals surface area contributed by atoms with Gasteiger partial charge in [0.05, 0.1) is 0 Å². The second-order valence-electron chi connectivity index (χ2n) is 3.05. The molecule has 0 radical (unpaired) electrons. The van der Waals surface area contributed by atoms with Gasteiger partial charge in [-0.15, -0.1) is 0 Å². The zero-order valence-corrected chi connectivity index (χ0v) is 7.56. The molecule has 1 saturated heterocycles. The van der Waals surface area contributed by atoms with Crippen LogP contribution in [0, 0.1) is 0 Å². The molecule has 1 aromatic rings. The summed E-state index contributed by atoms with van der Waals surface area (Å²) in [5.74, 6) is -0.236. The Kier molecular flexibility index (Phi) is 2.18. The molecule has 1 aliphatic heterocycles. The maximum atomic E-state index is 11.7. The quantitative estimate of drug-likeness (QED) is 0.713. The summed E-state index contributed by atoms with van der Waals surface area (Å²) in [6, 6.07) is 8.49. The number of carbonyl (C=O) groups excluding carboxylic acids is 2. The molecule has 0 unspecified atom stereocenters. The van der Waals surface area contributed by atoms with Crippen LogP contribution in [0.1, 0.15) is 10.4 Å². The Morgan fingerprint density at radius 3 is 2.57 bits per heavy atom.